The molecule has 4 aliphatic carbocycles. The molecule has 0 amide bonds. The lowest BCUT2D eigenvalue weighted by atomic mass is 9.42. The maximum atomic E-state index is 5.75. The molecule has 4 fully saturated rings. The molecule has 2 aromatic carbocycles. The number of ether oxygens (including phenoxy) is 2. The van der Waals surface area contributed by atoms with Gasteiger partial charge in [0.15, 0.2) is 0 Å². The summed E-state index contributed by atoms with van der Waals surface area (Å²) < 4.78 is 11.3. The Morgan fingerprint density at radius 3 is 2.19 bits per heavy atom. The lowest BCUT2D eigenvalue weighted by Crippen LogP contribution is -2.55. The van der Waals surface area contributed by atoms with Gasteiger partial charge in [-0.15, -0.1) is 0 Å². The van der Waals surface area contributed by atoms with E-state index in [0.717, 1.165) is 52.9 Å². The highest BCUT2D eigenvalue weighted by Gasteiger charge is 2.62. The minimum atomic E-state index is 0.0326. The zero-order valence-corrected chi connectivity index (χ0v) is 28.5. The minimum absolute atomic E-state index is 0.0326. The van der Waals surface area contributed by atoms with Crippen LogP contribution in [-0.4, -0.2) is 14.2 Å². The van der Waals surface area contributed by atoms with Crippen molar-refractivity contribution < 1.29 is 9.47 Å². The molecule has 4 saturated carbocycles. The van der Waals surface area contributed by atoms with E-state index in [4.69, 9.17) is 9.47 Å². The van der Waals surface area contributed by atoms with Gasteiger partial charge in [0, 0.05) is 5.41 Å². The van der Waals surface area contributed by atoms with Crippen molar-refractivity contribution in [1.29, 1.82) is 0 Å². The Kier molecular flexibility index (Phi) is 8.73. The van der Waals surface area contributed by atoms with Crippen LogP contribution in [-0.2, 0) is 5.41 Å². The molecule has 0 heterocycles. The Labute approximate surface area is 263 Å². The first-order chi connectivity index (χ1) is 20.6. The van der Waals surface area contributed by atoms with Crippen molar-refractivity contribution >= 4 is 0 Å². The van der Waals surface area contributed by atoms with E-state index in [2.05, 4.69) is 83.1 Å². The molecule has 9 atom stereocenters. The topological polar surface area (TPSA) is 18.5 Å². The summed E-state index contributed by atoms with van der Waals surface area (Å²) in [7, 11) is 3.57. The van der Waals surface area contributed by atoms with Crippen molar-refractivity contribution in [3.63, 3.8) is 0 Å². The molecule has 2 heteroatoms. The Morgan fingerprint density at radius 1 is 0.721 bits per heavy atom. The van der Waals surface area contributed by atoms with E-state index in [1.54, 1.807) is 14.2 Å². The number of hydrogen-bond donors (Lipinski definition) is 0. The second kappa shape index (κ2) is 12.1. The fourth-order valence-corrected chi connectivity index (χ4v) is 11.8. The first kappa shape index (κ1) is 31.0. The SMILES string of the molecule is COc1ccc(C2(c3cccc(OC)c3)CCC3(C)C(CCC4C3CCC3(C)C(C(C)CCCC(C)C)CCC43)C2)cc1. The fourth-order valence-electron chi connectivity index (χ4n) is 11.8. The van der Waals surface area contributed by atoms with E-state index < -0.39 is 0 Å². The summed E-state index contributed by atoms with van der Waals surface area (Å²) >= 11 is 0. The number of methoxy groups -OCH3 is 2. The molecule has 4 aliphatic rings. The van der Waals surface area contributed by atoms with Crippen LogP contribution in [0, 0.1) is 52.3 Å². The van der Waals surface area contributed by atoms with Crippen molar-refractivity contribution in [3.05, 3.63) is 59.7 Å². The van der Waals surface area contributed by atoms with Crippen LogP contribution in [0.25, 0.3) is 0 Å². The van der Waals surface area contributed by atoms with Crippen LogP contribution in [0.4, 0.5) is 0 Å². The van der Waals surface area contributed by atoms with Gasteiger partial charge < -0.3 is 9.47 Å². The smallest absolute Gasteiger partial charge is 0.119 e. The Hall–Kier alpha value is -1.96. The molecule has 0 N–H and O–H groups in total. The predicted molar refractivity (Wildman–Crippen MR) is 180 cm³/mol. The third kappa shape index (κ3) is 5.35. The summed E-state index contributed by atoms with van der Waals surface area (Å²) in [5.41, 5.74) is 3.95. The van der Waals surface area contributed by atoms with Crippen molar-refractivity contribution in [2.45, 2.75) is 117 Å². The summed E-state index contributed by atoms with van der Waals surface area (Å²) in [5, 5.41) is 0. The van der Waals surface area contributed by atoms with Gasteiger partial charge in [0.05, 0.1) is 14.2 Å². The third-order valence-electron chi connectivity index (χ3n) is 14.2. The molecule has 9 unspecified atom stereocenters. The van der Waals surface area contributed by atoms with Gasteiger partial charge >= 0.3 is 0 Å². The molecule has 0 bridgehead atoms. The molecule has 0 saturated heterocycles. The number of benzene rings is 2. The Morgan fingerprint density at radius 2 is 1.47 bits per heavy atom. The Bertz CT molecular complexity index is 1230. The van der Waals surface area contributed by atoms with Gasteiger partial charge in [0.25, 0.3) is 0 Å². The molecule has 236 valence electrons. The van der Waals surface area contributed by atoms with Crippen molar-refractivity contribution in [2.24, 2.45) is 52.3 Å². The fraction of sp³-hybridized carbons (Fsp3) is 0.707. The lowest BCUT2D eigenvalue weighted by Gasteiger charge is -2.63. The van der Waals surface area contributed by atoms with Crippen LogP contribution in [0.15, 0.2) is 48.5 Å². The predicted octanol–water partition coefficient (Wildman–Crippen LogP) is 11.1. The highest BCUT2D eigenvalue weighted by atomic mass is 16.5. The number of hydrogen-bond acceptors (Lipinski definition) is 2. The van der Waals surface area contributed by atoms with Gasteiger partial charge in [-0.2, -0.15) is 0 Å². The van der Waals surface area contributed by atoms with Gasteiger partial charge in [-0.25, -0.2) is 0 Å². The molecular formula is C41H60O2. The summed E-state index contributed by atoms with van der Waals surface area (Å²) in [6.07, 6.45) is 16.9. The second-order valence-electron chi connectivity index (χ2n) is 16.4. The molecule has 0 spiro atoms. The van der Waals surface area contributed by atoms with E-state index in [9.17, 15) is 0 Å². The standard InChI is InChI=1S/C41H60O2/c1-28(2)10-8-11-29(3)36-20-21-37-35-19-16-32-27-41(30-14-17-33(42-6)18-15-30,31-12-9-13-34(26-31)43-7)25-24-39(32,4)38(35)22-23-40(36,37)5/h9,12-15,17-18,26,28-29,32,35-38H,8,10-11,16,19-25,27H2,1-7H3. The first-order valence-electron chi connectivity index (χ1n) is 17.9. The third-order valence-corrected chi connectivity index (χ3v) is 14.2. The van der Waals surface area contributed by atoms with Crippen LogP contribution in [0.5, 0.6) is 11.5 Å². The summed E-state index contributed by atoms with van der Waals surface area (Å²) in [5.74, 6) is 8.16. The summed E-state index contributed by atoms with van der Waals surface area (Å²) in [6, 6.07) is 18.0. The van der Waals surface area contributed by atoms with Gasteiger partial charge in [0.1, 0.15) is 11.5 Å². The van der Waals surface area contributed by atoms with Crippen LogP contribution in [0.3, 0.4) is 0 Å². The van der Waals surface area contributed by atoms with E-state index in [0.29, 0.717) is 10.8 Å². The van der Waals surface area contributed by atoms with Gasteiger partial charge in [-0.1, -0.05) is 78.1 Å². The van der Waals surface area contributed by atoms with Crippen LogP contribution < -0.4 is 9.47 Å². The molecule has 6 rings (SSSR count). The molecule has 43 heavy (non-hydrogen) atoms. The molecule has 0 radical (unpaired) electrons. The van der Waals surface area contributed by atoms with E-state index in [1.807, 2.05) is 0 Å². The van der Waals surface area contributed by atoms with Gasteiger partial charge in [0.2, 0.25) is 0 Å². The van der Waals surface area contributed by atoms with E-state index in [1.165, 1.54) is 88.2 Å². The zero-order chi connectivity index (χ0) is 30.4. The zero-order valence-electron chi connectivity index (χ0n) is 28.5. The van der Waals surface area contributed by atoms with Crippen LogP contribution in [0.1, 0.15) is 123 Å². The monoisotopic (exact) mass is 584 g/mol. The average molecular weight is 585 g/mol. The van der Waals surface area contributed by atoms with Crippen LogP contribution >= 0.6 is 0 Å². The highest BCUT2D eigenvalue weighted by molar-refractivity contribution is 5.45. The summed E-state index contributed by atoms with van der Waals surface area (Å²) in [6.45, 7) is 12.9. The minimum Gasteiger partial charge on any atom is -0.497 e. The molecule has 0 aliphatic heterocycles. The molecular weight excluding hydrogens is 524 g/mol. The van der Waals surface area contributed by atoms with Crippen molar-refractivity contribution in [3.8, 4) is 11.5 Å². The molecule has 0 aromatic heterocycles. The van der Waals surface area contributed by atoms with E-state index in [-0.39, 0.29) is 5.41 Å². The van der Waals surface area contributed by atoms with Gasteiger partial charge in [-0.05, 0) is 145 Å². The lowest BCUT2D eigenvalue weighted by molar-refractivity contribution is -0.122. The van der Waals surface area contributed by atoms with Crippen molar-refractivity contribution in [2.75, 3.05) is 14.2 Å². The largest absolute Gasteiger partial charge is 0.497 e. The van der Waals surface area contributed by atoms with Crippen LogP contribution in [0.2, 0.25) is 0 Å². The normalized spacial score (nSPS) is 37.7. The summed E-state index contributed by atoms with van der Waals surface area (Å²) in [4.78, 5) is 0. The van der Waals surface area contributed by atoms with Crippen molar-refractivity contribution in [1.82, 2.24) is 0 Å². The Balaban J connectivity index is 1.25. The maximum Gasteiger partial charge on any atom is 0.119 e. The number of rotatable bonds is 9. The number of fused-ring (bicyclic) bond motifs is 5. The van der Waals surface area contributed by atoms with E-state index >= 15 is 0 Å². The quantitative estimate of drug-likeness (QED) is 0.292. The van der Waals surface area contributed by atoms with Gasteiger partial charge in [-0.3, -0.25) is 0 Å². The first-order valence-corrected chi connectivity index (χ1v) is 17.9. The average Bonchev–Trinajstić information content (AvgIpc) is 3.38. The molecule has 2 nitrogen and oxygen atoms in total. The molecule has 2 aromatic rings. The highest BCUT2D eigenvalue weighted by Crippen LogP contribution is 2.70. The second-order valence-corrected chi connectivity index (χ2v) is 16.4. The maximum absolute atomic E-state index is 5.75.